The number of aromatic carboxylic acids is 1. The van der Waals surface area contributed by atoms with Crippen LogP contribution in [0.5, 0.6) is 5.75 Å². The summed E-state index contributed by atoms with van der Waals surface area (Å²) in [5.41, 5.74) is 0.278. The second-order valence-electron chi connectivity index (χ2n) is 4.79. The minimum Gasteiger partial charge on any atom is -0.492 e. The molecule has 0 saturated heterocycles. The van der Waals surface area contributed by atoms with Crippen molar-refractivity contribution in [2.24, 2.45) is 0 Å². The largest absolute Gasteiger partial charge is 0.492 e. The van der Waals surface area contributed by atoms with Crippen LogP contribution in [0.15, 0.2) is 24.3 Å². The van der Waals surface area contributed by atoms with Crippen LogP contribution in [0.25, 0.3) is 0 Å². The van der Waals surface area contributed by atoms with Crippen molar-refractivity contribution in [1.29, 1.82) is 0 Å². The molecule has 5 heteroatoms. The summed E-state index contributed by atoms with van der Waals surface area (Å²) in [5, 5.41) is 8.81. The normalized spacial score (nSPS) is 12.4. The van der Waals surface area contributed by atoms with E-state index in [0.29, 0.717) is 18.4 Å². The summed E-state index contributed by atoms with van der Waals surface area (Å²) in [7, 11) is 2.10. The van der Waals surface area contributed by atoms with E-state index in [0.717, 1.165) is 6.54 Å². The van der Waals surface area contributed by atoms with Crippen LogP contribution in [-0.2, 0) is 0 Å². The number of nitrogens with zero attached hydrogens (tertiary/aromatic N) is 1. The van der Waals surface area contributed by atoms with Crippen LogP contribution in [-0.4, -0.2) is 54.2 Å². The van der Waals surface area contributed by atoms with Crippen LogP contribution in [0.3, 0.4) is 0 Å². The third-order valence-electron chi connectivity index (χ3n) is 3.31. The maximum absolute atomic E-state index is 10.7. The third-order valence-corrected chi connectivity index (χ3v) is 3.95. The van der Waals surface area contributed by atoms with E-state index in [1.165, 1.54) is 12.2 Å². The summed E-state index contributed by atoms with van der Waals surface area (Å²) in [5.74, 6) is 0.960. The van der Waals surface area contributed by atoms with E-state index >= 15 is 0 Å². The molecule has 112 valence electrons. The number of likely N-dealkylation sites (N-methyl/N-ethyl adjacent to an activating group) is 1. The molecule has 20 heavy (non-hydrogen) atoms. The van der Waals surface area contributed by atoms with Gasteiger partial charge in [0, 0.05) is 12.6 Å². The smallest absolute Gasteiger partial charge is 0.335 e. The van der Waals surface area contributed by atoms with Gasteiger partial charge in [-0.1, -0.05) is 0 Å². The van der Waals surface area contributed by atoms with Gasteiger partial charge in [-0.2, -0.15) is 11.8 Å². The van der Waals surface area contributed by atoms with Gasteiger partial charge >= 0.3 is 5.97 Å². The summed E-state index contributed by atoms with van der Waals surface area (Å²) in [4.78, 5) is 13.0. The zero-order valence-corrected chi connectivity index (χ0v) is 13.2. The molecule has 0 heterocycles. The Hall–Kier alpha value is -1.20. The number of ether oxygens (including phenoxy) is 1. The standard InChI is InChI=1S/C15H23NO3S/c1-12(8-11-20-3)16(2)9-10-19-14-6-4-13(5-7-14)15(17)18/h4-7,12H,8-11H2,1-3H3,(H,17,18). The van der Waals surface area contributed by atoms with Gasteiger partial charge in [-0.05, 0) is 56.7 Å². The highest BCUT2D eigenvalue weighted by Crippen LogP contribution is 2.12. The molecule has 0 fully saturated rings. The molecule has 1 aromatic carbocycles. The van der Waals surface area contributed by atoms with Gasteiger partial charge < -0.3 is 14.7 Å². The van der Waals surface area contributed by atoms with Crippen molar-refractivity contribution >= 4 is 17.7 Å². The van der Waals surface area contributed by atoms with Crippen molar-refractivity contribution in [2.45, 2.75) is 19.4 Å². The molecule has 0 radical (unpaired) electrons. The van der Waals surface area contributed by atoms with E-state index in [4.69, 9.17) is 9.84 Å². The van der Waals surface area contributed by atoms with Gasteiger partial charge in [0.2, 0.25) is 0 Å². The topological polar surface area (TPSA) is 49.8 Å². The molecule has 0 bridgehead atoms. The van der Waals surface area contributed by atoms with E-state index in [-0.39, 0.29) is 5.56 Å². The van der Waals surface area contributed by atoms with Crippen molar-refractivity contribution in [3.05, 3.63) is 29.8 Å². The molecule has 0 saturated carbocycles. The van der Waals surface area contributed by atoms with Crippen LogP contribution >= 0.6 is 11.8 Å². The van der Waals surface area contributed by atoms with Crippen LogP contribution in [0.2, 0.25) is 0 Å². The highest BCUT2D eigenvalue weighted by atomic mass is 32.2. The molecular weight excluding hydrogens is 274 g/mol. The predicted octanol–water partition coefficient (Wildman–Crippen LogP) is 2.84. The molecule has 0 aliphatic rings. The SMILES string of the molecule is CSCCC(C)N(C)CCOc1ccc(C(=O)O)cc1. The fourth-order valence-electron chi connectivity index (χ4n) is 1.73. The number of carboxylic acid groups (broad SMARTS) is 1. The van der Waals surface area contributed by atoms with Crippen LogP contribution in [0.1, 0.15) is 23.7 Å². The number of hydrogen-bond acceptors (Lipinski definition) is 4. The number of carboxylic acids is 1. The van der Waals surface area contributed by atoms with Gasteiger partial charge in [0.05, 0.1) is 5.56 Å². The zero-order chi connectivity index (χ0) is 15.0. The maximum Gasteiger partial charge on any atom is 0.335 e. The fourth-order valence-corrected chi connectivity index (χ4v) is 2.31. The Morgan fingerprint density at radius 3 is 2.60 bits per heavy atom. The van der Waals surface area contributed by atoms with E-state index in [1.54, 1.807) is 24.3 Å². The fraction of sp³-hybridized carbons (Fsp3) is 0.533. The van der Waals surface area contributed by atoms with E-state index in [1.807, 2.05) is 11.8 Å². The van der Waals surface area contributed by atoms with Gasteiger partial charge in [-0.15, -0.1) is 0 Å². The van der Waals surface area contributed by atoms with Crippen LogP contribution < -0.4 is 4.74 Å². The number of rotatable bonds is 9. The number of benzene rings is 1. The second-order valence-corrected chi connectivity index (χ2v) is 5.77. The first-order valence-electron chi connectivity index (χ1n) is 6.70. The highest BCUT2D eigenvalue weighted by Gasteiger charge is 2.08. The molecule has 0 aliphatic heterocycles. The Balaban J connectivity index is 2.31. The van der Waals surface area contributed by atoms with Crippen molar-refractivity contribution < 1.29 is 14.6 Å². The molecule has 1 aromatic rings. The first-order valence-corrected chi connectivity index (χ1v) is 8.09. The molecular formula is C15H23NO3S. The van der Waals surface area contributed by atoms with Gasteiger partial charge in [0.25, 0.3) is 0 Å². The molecule has 0 aliphatic carbocycles. The van der Waals surface area contributed by atoms with Gasteiger partial charge in [-0.3, -0.25) is 0 Å². The lowest BCUT2D eigenvalue weighted by atomic mass is 10.2. The summed E-state index contributed by atoms with van der Waals surface area (Å²) >= 11 is 1.87. The molecule has 1 rings (SSSR count). The third kappa shape index (κ3) is 5.84. The maximum atomic E-state index is 10.7. The summed E-state index contributed by atoms with van der Waals surface area (Å²) in [6.45, 7) is 3.68. The average molecular weight is 297 g/mol. The van der Waals surface area contributed by atoms with Gasteiger partial charge in [0.1, 0.15) is 12.4 Å². The first-order chi connectivity index (χ1) is 9.54. The van der Waals surface area contributed by atoms with Crippen LogP contribution in [0.4, 0.5) is 0 Å². The Bertz CT molecular complexity index is 408. The van der Waals surface area contributed by atoms with E-state index in [9.17, 15) is 4.79 Å². The van der Waals surface area contributed by atoms with Crippen LogP contribution in [0, 0.1) is 0 Å². The van der Waals surface area contributed by atoms with E-state index < -0.39 is 5.97 Å². The van der Waals surface area contributed by atoms with Gasteiger partial charge in [0.15, 0.2) is 0 Å². The molecule has 4 nitrogen and oxygen atoms in total. The quantitative estimate of drug-likeness (QED) is 0.759. The Labute approximate surface area is 125 Å². The summed E-state index contributed by atoms with van der Waals surface area (Å²) in [6.07, 6.45) is 3.29. The zero-order valence-electron chi connectivity index (χ0n) is 12.3. The van der Waals surface area contributed by atoms with E-state index in [2.05, 4.69) is 25.1 Å². The molecule has 0 spiro atoms. The summed E-state index contributed by atoms with van der Waals surface area (Å²) < 4.78 is 5.63. The lowest BCUT2D eigenvalue weighted by Crippen LogP contribution is -2.33. The highest BCUT2D eigenvalue weighted by molar-refractivity contribution is 7.98. The van der Waals surface area contributed by atoms with Gasteiger partial charge in [-0.25, -0.2) is 4.79 Å². The molecule has 1 atom stereocenters. The number of hydrogen-bond donors (Lipinski definition) is 1. The van der Waals surface area contributed by atoms with Crippen molar-refractivity contribution in [3.63, 3.8) is 0 Å². The minimum atomic E-state index is -0.918. The molecule has 1 unspecified atom stereocenters. The monoisotopic (exact) mass is 297 g/mol. The molecule has 0 amide bonds. The average Bonchev–Trinajstić information content (AvgIpc) is 2.45. The second kappa shape index (κ2) is 8.87. The van der Waals surface area contributed by atoms with Crippen molar-refractivity contribution in [1.82, 2.24) is 4.90 Å². The predicted molar refractivity (Wildman–Crippen MR) is 84.0 cm³/mol. The number of thioether (sulfide) groups is 1. The Kier molecular flexibility index (Phi) is 7.47. The van der Waals surface area contributed by atoms with Crippen molar-refractivity contribution in [2.75, 3.05) is 32.2 Å². The Morgan fingerprint density at radius 1 is 1.40 bits per heavy atom. The lowest BCUT2D eigenvalue weighted by molar-refractivity contribution is 0.0697. The minimum absolute atomic E-state index is 0.278. The number of carbonyl (C=O) groups is 1. The molecule has 1 N–H and O–H groups in total. The first kappa shape index (κ1) is 16.9. The molecule has 0 aromatic heterocycles. The summed E-state index contributed by atoms with van der Waals surface area (Å²) in [6, 6.07) is 7.05. The Morgan fingerprint density at radius 2 is 2.05 bits per heavy atom. The lowest BCUT2D eigenvalue weighted by Gasteiger charge is -2.24. The van der Waals surface area contributed by atoms with Crippen molar-refractivity contribution in [3.8, 4) is 5.75 Å².